The zero-order valence-electron chi connectivity index (χ0n) is 14.5. The van der Waals surface area contributed by atoms with Crippen LogP contribution in [0.4, 0.5) is 4.39 Å². The molecule has 1 aromatic carbocycles. The van der Waals surface area contributed by atoms with Crippen LogP contribution in [0.25, 0.3) is 10.7 Å². The van der Waals surface area contributed by atoms with E-state index in [2.05, 4.69) is 15.5 Å². The summed E-state index contributed by atoms with van der Waals surface area (Å²) < 4.78 is 15.5. The Morgan fingerprint density at radius 1 is 1.35 bits per heavy atom. The summed E-state index contributed by atoms with van der Waals surface area (Å²) in [6.45, 7) is 4.77. The first-order valence-electron chi connectivity index (χ1n) is 8.20. The van der Waals surface area contributed by atoms with Gasteiger partial charge in [-0.25, -0.2) is 4.39 Å². The normalized spacial score (nSPS) is 10.9. The van der Waals surface area contributed by atoms with Crippen molar-refractivity contribution in [3.63, 3.8) is 0 Å². The molecule has 0 aliphatic carbocycles. The van der Waals surface area contributed by atoms with E-state index in [9.17, 15) is 9.18 Å². The maximum atomic E-state index is 13.5. The smallest absolute Gasteiger partial charge is 0.230 e. The Labute approximate surface area is 159 Å². The summed E-state index contributed by atoms with van der Waals surface area (Å²) in [5.41, 5.74) is 1.33. The van der Waals surface area contributed by atoms with Crippen LogP contribution >= 0.6 is 23.1 Å². The van der Waals surface area contributed by atoms with E-state index < -0.39 is 0 Å². The Kier molecular flexibility index (Phi) is 6.05. The molecule has 2 heterocycles. The van der Waals surface area contributed by atoms with Gasteiger partial charge in [0.05, 0.1) is 10.6 Å². The number of aromatic nitrogens is 3. The molecule has 0 bridgehead atoms. The molecule has 1 amide bonds. The Bertz CT molecular complexity index is 893. The van der Waals surface area contributed by atoms with Crippen LogP contribution in [0.5, 0.6) is 0 Å². The van der Waals surface area contributed by atoms with Crippen molar-refractivity contribution < 1.29 is 9.18 Å². The number of nitrogens with zero attached hydrogens (tertiary/aromatic N) is 3. The molecule has 8 heteroatoms. The number of benzene rings is 1. The highest BCUT2D eigenvalue weighted by atomic mass is 32.2. The molecule has 0 atom stereocenters. The number of nitrogens with one attached hydrogen (secondary N) is 1. The van der Waals surface area contributed by atoms with Gasteiger partial charge in [-0.1, -0.05) is 30.0 Å². The van der Waals surface area contributed by atoms with Crippen molar-refractivity contribution in [3.8, 4) is 10.7 Å². The van der Waals surface area contributed by atoms with Crippen molar-refractivity contribution >= 4 is 29.0 Å². The van der Waals surface area contributed by atoms with Crippen molar-refractivity contribution in [1.29, 1.82) is 0 Å². The van der Waals surface area contributed by atoms with Gasteiger partial charge in [0.1, 0.15) is 5.82 Å². The van der Waals surface area contributed by atoms with E-state index in [4.69, 9.17) is 0 Å². The van der Waals surface area contributed by atoms with Gasteiger partial charge in [-0.15, -0.1) is 21.5 Å². The molecule has 0 saturated carbocycles. The topological polar surface area (TPSA) is 59.8 Å². The van der Waals surface area contributed by atoms with E-state index in [-0.39, 0.29) is 17.5 Å². The number of halogens is 1. The van der Waals surface area contributed by atoms with Gasteiger partial charge in [-0.05, 0) is 42.5 Å². The number of thiophene rings is 1. The second-order valence-corrected chi connectivity index (χ2v) is 7.57. The van der Waals surface area contributed by atoms with Gasteiger partial charge >= 0.3 is 0 Å². The highest BCUT2D eigenvalue weighted by Crippen LogP contribution is 2.27. The van der Waals surface area contributed by atoms with Gasteiger partial charge < -0.3 is 9.88 Å². The lowest BCUT2D eigenvalue weighted by atomic mass is 10.1. The molecule has 0 fully saturated rings. The van der Waals surface area contributed by atoms with Crippen molar-refractivity contribution in [2.75, 3.05) is 5.75 Å². The third kappa shape index (κ3) is 4.31. The standard InChI is InChI=1S/C18H19FN4OS2/c1-3-23-17(15-5-4-8-25-15)21-22-18(23)26-11-16(24)20-10-13-7-6-12(2)14(19)9-13/h4-9H,3,10-11H2,1-2H3,(H,20,24). The number of aryl methyl sites for hydroxylation is 1. The minimum atomic E-state index is -0.261. The average molecular weight is 391 g/mol. The molecule has 2 aromatic heterocycles. The summed E-state index contributed by atoms with van der Waals surface area (Å²) in [7, 11) is 0. The largest absolute Gasteiger partial charge is 0.351 e. The Hall–Kier alpha value is -2.19. The monoisotopic (exact) mass is 390 g/mol. The quantitative estimate of drug-likeness (QED) is 0.622. The highest BCUT2D eigenvalue weighted by Gasteiger charge is 2.15. The molecule has 0 saturated heterocycles. The summed E-state index contributed by atoms with van der Waals surface area (Å²) in [4.78, 5) is 13.1. The van der Waals surface area contributed by atoms with Crippen LogP contribution in [0, 0.1) is 12.7 Å². The molecule has 0 spiro atoms. The zero-order chi connectivity index (χ0) is 18.5. The number of thioether (sulfide) groups is 1. The minimum absolute atomic E-state index is 0.126. The number of carbonyl (C=O) groups excluding carboxylic acids is 1. The predicted octanol–water partition coefficient (Wildman–Crippen LogP) is 3.88. The van der Waals surface area contributed by atoms with Crippen LogP contribution in [0.2, 0.25) is 0 Å². The van der Waals surface area contributed by atoms with Gasteiger partial charge in [-0.3, -0.25) is 4.79 Å². The molecule has 3 aromatic rings. The van der Waals surface area contributed by atoms with Crippen molar-refractivity contribution in [1.82, 2.24) is 20.1 Å². The van der Waals surface area contributed by atoms with Gasteiger partial charge in [0.15, 0.2) is 11.0 Å². The van der Waals surface area contributed by atoms with E-state index in [1.165, 1.54) is 17.8 Å². The van der Waals surface area contributed by atoms with Crippen LogP contribution in [-0.4, -0.2) is 26.4 Å². The molecule has 26 heavy (non-hydrogen) atoms. The summed E-state index contributed by atoms with van der Waals surface area (Å²) >= 11 is 2.96. The number of hydrogen-bond donors (Lipinski definition) is 1. The third-order valence-corrected chi connectivity index (χ3v) is 5.67. The lowest BCUT2D eigenvalue weighted by Gasteiger charge is -2.07. The summed E-state index contributed by atoms with van der Waals surface area (Å²) in [6, 6.07) is 8.95. The minimum Gasteiger partial charge on any atom is -0.351 e. The van der Waals surface area contributed by atoms with E-state index >= 15 is 0 Å². The molecule has 136 valence electrons. The fourth-order valence-electron chi connectivity index (χ4n) is 2.40. The van der Waals surface area contributed by atoms with E-state index in [1.54, 1.807) is 24.3 Å². The third-order valence-electron chi connectivity index (χ3n) is 3.83. The Morgan fingerprint density at radius 3 is 2.88 bits per heavy atom. The van der Waals surface area contributed by atoms with Crippen molar-refractivity contribution in [2.45, 2.75) is 32.1 Å². The maximum absolute atomic E-state index is 13.5. The number of carbonyl (C=O) groups is 1. The molecule has 0 aliphatic heterocycles. The van der Waals surface area contributed by atoms with Crippen LogP contribution < -0.4 is 5.32 Å². The van der Waals surface area contributed by atoms with Crippen LogP contribution in [0.15, 0.2) is 40.9 Å². The second-order valence-electron chi connectivity index (χ2n) is 5.68. The first-order chi connectivity index (χ1) is 12.6. The lowest BCUT2D eigenvalue weighted by molar-refractivity contribution is -0.118. The van der Waals surface area contributed by atoms with E-state index in [0.717, 1.165) is 22.8 Å². The first kappa shape index (κ1) is 18.6. The van der Waals surface area contributed by atoms with Crippen molar-refractivity contribution in [3.05, 3.63) is 52.7 Å². The number of rotatable bonds is 7. The summed E-state index contributed by atoms with van der Waals surface area (Å²) in [5.74, 6) is 0.667. The van der Waals surface area contributed by atoms with Crippen LogP contribution in [0.1, 0.15) is 18.1 Å². The molecule has 0 radical (unpaired) electrons. The lowest BCUT2D eigenvalue weighted by Crippen LogP contribution is -2.24. The van der Waals surface area contributed by atoms with E-state index in [0.29, 0.717) is 17.3 Å². The first-order valence-corrected chi connectivity index (χ1v) is 10.1. The van der Waals surface area contributed by atoms with Gasteiger partial charge in [0.2, 0.25) is 5.91 Å². The van der Waals surface area contributed by atoms with Crippen LogP contribution in [-0.2, 0) is 17.9 Å². The Balaban J connectivity index is 1.57. The number of hydrogen-bond acceptors (Lipinski definition) is 5. The summed E-state index contributed by atoms with van der Waals surface area (Å²) in [5, 5.41) is 14.0. The van der Waals surface area contributed by atoms with Gasteiger partial charge in [0, 0.05) is 13.1 Å². The number of amides is 1. The van der Waals surface area contributed by atoms with E-state index in [1.807, 2.05) is 35.1 Å². The fourth-order valence-corrected chi connectivity index (χ4v) is 3.95. The van der Waals surface area contributed by atoms with Crippen LogP contribution in [0.3, 0.4) is 0 Å². The predicted molar refractivity (Wildman–Crippen MR) is 103 cm³/mol. The van der Waals surface area contributed by atoms with Gasteiger partial charge in [0.25, 0.3) is 0 Å². The molecule has 0 aliphatic rings. The molecular formula is C18H19FN4OS2. The highest BCUT2D eigenvalue weighted by molar-refractivity contribution is 7.99. The molecule has 1 N–H and O–H groups in total. The van der Waals surface area contributed by atoms with Crippen molar-refractivity contribution in [2.24, 2.45) is 0 Å². The Morgan fingerprint density at radius 2 is 2.19 bits per heavy atom. The molecule has 3 rings (SSSR count). The average Bonchev–Trinajstić information content (AvgIpc) is 3.29. The van der Waals surface area contributed by atoms with Gasteiger partial charge in [-0.2, -0.15) is 0 Å². The SMILES string of the molecule is CCn1c(SCC(=O)NCc2ccc(C)c(F)c2)nnc1-c1cccs1. The maximum Gasteiger partial charge on any atom is 0.230 e. The molecule has 0 unspecified atom stereocenters. The second kappa shape index (κ2) is 8.46. The molecular weight excluding hydrogens is 371 g/mol. The molecule has 5 nitrogen and oxygen atoms in total. The zero-order valence-corrected chi connectivity index (χ0v) is 16.2. The fraction of sp³-hybridized carbons (Fsp3) is 0.278. The summed E-state index contributed by atoms with van der Waals surface area (Å²) in [6.07, 6.45) is 0.